The summed E-state index contributed by atoms with van der Waals surface area (Å²) in [5.74, 6) is -1.01. The highest BCUT2D eigenvalue weighted by Crippen LogP contribution is 2.59. The summed E-state index contributed by atoms with van der Waals surface area (Å²) in [6.07, 6.45) is 0. The lowest BCUT2D eigenvalue weighted by atomic mass is 10.0. The SMILES string of the molecule is Cc1ccc([C@@H](NC(=O)NN(C(=O)c2cc(C)cc(C)c2)C(C)(C)C)P(=O)(Oc2ccccc2)Oc2ccccc2)cc1. The van der Waals surface area contributed by atoms with Crippen LogP contribution in [0.25, 0.3) is 0 Å². The third-order valence-electron chi connectivity index (χ3n) is 6.48. The van der Waals surface area contributed by atoms with Crippen molar-refractivity contribution in [3.8, 4) is 11.5 Å². The van der Waals surface area contributed by atoms with Gasteiger partial charge in [0.1, 0.15) is 11.5 Å². The molecule has 0 saturated heterocycles. The van der Waals surface area contributed by atoms with Crippen LogP contribution >= 0.6 is 7.60 Å². The number of nitrogens with one attached hydrogen (secondary N) is 2. The Balaban J connectivity index is 1.72. The second-order valence-corrected chi connectivity index (χ2v) is 13.4. The summed E-state index contributed by atoms with van der Waals surface area (Å²) in [5, 5.41) is 4.08. The summed E-state index contributed by atoms with van der Waals surface area (Å²) < 4.78 is 27.0. The molecule has 0 aliphatic heterocycles. The fraction of sp³-hybridized carbons (Fsp3) is 0.235. The number of urea groups is 1. The lowest BCUT2D eigenvalue weighted by Gasteiger charge is -2.36. The lowest BCUT2D eigenvalue weighted by Crippen LogP contribution is -2.58. The Kier molecular flexibility index (Phi) is 9.62. The van der Waals surface area contributed by atoms with Crippen LogP contribution in [-0.2, 0) is 4.57 Å². The predicted molar refractivity (Wildman–Crippen MR) is 169 cm³/mol. The van der Waals surface area contributed by atoms with Crippen LogP contribution in [0.2, 0.25) is 0 Å². The van der Waals surface area contributed by atoms with Gasteiger partial charge in [0.2, 0.25) is 0 Å². The lowest BCUT2D eigenvalue weighted by molar-refractivity contribution is 0.0449. The largest absolute Gasteiger partial charge is 0.457 e. The fourth-order valence-electron chi connectivity index (χ4n) is 4.48. The first-order chi connectivity index (χ1) is 20.3. The van der Waals surface area contributed by atoms with Crippen LogP contribution in [0, 0.1) is 20.8 Å². The number of hydrogen-bond acceptors (Lipinski definition) is 5. The molecule has 8 nitrogen and oxygen atoms in total. The number of para-hydroxylation sites is 2. The molecule has 0 fully saturated rings. The number of rotatable bonds is 8. The van der Waals surface area contributed by atoms with Crippen molar-refractivity contribution in [3.63, 3.8) is 0 Å². The third-order valence-corrected chi connectivity index (χ3v) is 8.48. The van der Waals surface area contributed by atoms with Crippen molar-refractivity contribution < 1.29 is 23.2 Å². The molecule has 3 amide bonds. The standard InChI is InChI=1S/C34H38N3O5P/c1-24-17-19-27(20-18-24)31(43(40,41-29-13-9-7-10-14-29)42-30-15-11-8-12-16-30)35-33(39)36-37(34(4,5)6)32(38)28-22-25(2)21-26(3)23-28/h7-23,31H,1-6H3,(H2,35,36,39)/t31-/m0/s1. The number of nitrogens with zero attached hydrogens (tertiary/aromatic N) is 1. The van der Waals surface area contributed by atoms with Crippen LogP contribution in [-0.4, -0.2) is 22.5 Å². The van der Waals surface area contributed by atoms with Crippen LogP contribution in [0.3, 0.4) is 0 Å². The van der Waals surface area contributed by atoms with E-state index in [0.717, 1.165) is 16.7 Å². The number of carbonyl (C=O) groups is 2. The van der Waals surface area contributed by atoms with Gasteiger partial charge in [0.05, 0.1) is 5.54 Å². The van der Waals surface area contributed by atoms with E-state index in [9.17, 15) is 14.2 Å². The molecule has 4 aromatic carbocycles. The number of hydrazine groups is 1. The Morgan fingerprint density at radius 2 is 1.21 bits per heavy atom. The van der Waals surface area contributed by atoms with Crippen LogP contribution in [0.5, 0.6) is 11.5 Å². The van der Waals surface area contributed by atoms with Crippen molar-refractivity contribution in [2.45, 2.75) is 52.9 Å². The summed E-state index contributed by atoms with van der Waals surface area (Å²) in [4.78, 5) is 27.4. The van der Waals surface area contributed by atoms with Crippen LogP contribution in [0.15, 0.2) is 103 Å². The van der Waals surface area contributed by atoms with Gasteiger partial charge >= 0.3 is 13.6 Å². The van der Waals surface area contributed by atoms with Gasteiger partial charge in [-0.15, -0.1) is 0 Å². The molecule has 0 aliphatic rings. The molecule has 0 saturated carbocycles. The molecule has 1 atom stereocenters. The Labute approximate surface area is 253 Å². The molecule has 224 valence electrons. The first-order valence-corrected chi connectivity index (χ1v) is 15.6. The molecule has 4 rings (SSSR count). The minimum absolute atomic E-state index is 0.308. The normalized spacial score (nSPS) is 12.1. The van der Waals surface area contributed by atoms with Gasteiger partial charge in [-0.05, 0) is 83.5 Å². The zero-order chi connectivity index (χ0) is 31.2. The summed E-state index contributed by atoms with van der Waals surface area (Å²) in [6, 6.07) is 29.3. The van der Waals surface area contributed by atoms with Crippen molar-refractivity contribution in [3.05, 3.63) is 131 Å². The zero-order valence-corrected chi connectivity index (χ0v) is 26.2. The summed E-state index contributed by atoms with van der Waals surface area (Å²) in [5.41, 5.74) is 5.69. The van der Waals surface area contributed by atoms with Crippen molar-refractivity contribution in [2.75, 3.05) is 0 Å². The number of aryl methyl sites for hydroxylation is 3. The number of amides is 3. The van der Waals surface area contributed by atoms with E-state index in [1.54, 1.807) is 72.8 Å². The quantitative estimate of drug-likeness (QED) is 0.158. The van der Waals surface area contributed by atoms with Crippen LogP contribution in [0.4, 0.5) is 4.79 Å². The second-order valence-electron chi connectivity index (χ2n) is 11.4. The van der Waals surface area contributed by atoms with E-state index in [2.05, 4.69) is 10.7 Å². The van der Waals surface area contributed by atoms with Gasteiger partial charge in [-0.25, -0.2) is 19.8 Å². The first-order valence-electron chi connectivity index (χ1n) is 14.0. The smallest absolute Gasteiger partial charge is 0.414 e. The molecule has 2 N–H and O–H groups in total. The van der Waals surface area contributed by atoms with E-state index in [4.69, 9.17) is 9.05 Å². The predicted octanol–water partition coefficient (Wildman–Crippen LogP) is 8.12. The number of benzene rings is 4. The van der Waals surface area contributed by atoms with Gasteiger partial charge in [-0.3, -0.25) is 4.79 Å². The molecule has 0 aliphatic carbocycles. The zero-order valence-electron chi connectivity index (χ0n) is 25.3. The summed E-state index contributed by atoms with van der Waals surface area (Å²) in [7, 11) is -4.22. The Morgan fingerprint density at radius 3 is 1.67 bits per heavy atom. The number of hydrogen-bond donors (Lipinski definition) is 2. The maximum Gasteiger partial charge on any atom is 0.457 e. The van der Waals surface area contributed by atoms with Gasteiger partial charge in [0.15, 0.2) is 5.78 Å². The molecule has 0 heterocycles. The molecule has 0 unspecified atom stereocenters. The maximum absolute atomic E-state index is 14.8. The van der Waals surface area contributed by atoms with Crippen molar-refractivity contribution in [1.29, 1.82) is 0 Å². The number of carbonyl (C=O) groups excluding carboxylic acids is 2. The molecular formula is C34H38N3O5P. The fourth-order valence-corrected chi connectivity index (χ4v) is 6.37. The van der Waals surface area contributed by atoms with Crippen LogP contribution in [0.1, 0.15) is 59.2 Å². The maximum atomic E-state index is 14.8. The van der Waals surface area contributed by atoms with E-state index in [1.165, 1.54) is 5.01 Å². The molecule has 0 spiro atoms. The molecular weight excluding hydrogens is 561 g/mol. The Hall–Kier alpha value is -4.55. The molecule has 0 radical (unpaired) electrons. The third kappa shape index (κ3) is 8.27. The Bertz CT molecular complexity index is 1540. The molecule has 4 aromatic rings. The van der Waals surface area contributed by atoms with Crippen LogP contribution < -0.4 is 19.8 Å². The highest BCUT2D eigenvalue weighted by Gasteiger charge is 2.43. The van der Waals surface area contributed by atoms with Crippen molar-refractivity contribution in [2.24, 2.45) is 0 Å². The van der Waals surface area contributed by atoms with E-state index in [1.807, 2.05) is 71.9 Å². The van der Waals surface area contributed by atoms with Gasteiger partial charge < -0.3 is 14.4 Å². The van der Waals surface area contributed by atoms with E-state index in [0.29, 0.717) is 22.6 Å². The minimum Gasteiger partial charge on any atom is -0.414 e. The monoisotopic (exact) mass is 599 g/mol. The van der Waals surface area contributed by atoms with E-state index < -0.39 is 24.9 Å². The first kappa shape index (κ1) is 31.4. The molecule has 9 heteroatoms. The molecule has 43 heavy (non-hydrogen) atoms. The van der Waals surface area contributed by atoms with Gasteiger partial charge in [-0.1, -0.05) is 83.4 Å². The second kappa shape index (κ2) is 13.2. The summed E-state index contributed by atoms with van der Waals surface area (Å²) >= 11 is 0. The van der Waals surface area contributed by atoms with E-state index in [-0.39, 0.29) is 5.91 Å². The van der Waals surface area contributed by atoms with Gasteiger partial charge in [0.25, 0.3) is 5.91 Å². The van der Waals surface area contributed by atoms with E-state index >= 15 is 0 Å². The highest BCUT2D eigenvalue weighted by molar-refractivity contribution is 7.55. The average Bonchev–Trinajstić information content (AvgIpc) is 2.95. The van der Waals surface area contributed by atoms with Crippen molar-refractivity contribution in [1.82, 2.24) is 15.8 Å². The highest BCUT2D eigenvalue weighted by atomic mass is 31.2. The minimum atomic E-state index is -4.22. The summed E-state index contributed by atoms with van der Waals surface area (Å²) in [6.45, 7) is 11.2. The Morgan fingerprint density at radius 1 is 0.721 bits per heavy atom. The van der Waals surface area contributed by atoms with Crippen molar-refractivity contribution >= 4 is 19.5 Å². The molecule has 0 aromatic heterocycles. The average molecular weight is 600 g/mol. The van der Waals surface area contributed by atoms with Gasteiger partial charge in [-0.2, -0.15) is 0 Å². The van der Waals surface area contributed by atoms with Gasteiger partial charge in [0, 0.05) is 5.56 Å². The molecule has 0 bridgehead atoms. The topological polar surface area (TPSA) is 97.0 Å².